The molecule has 0 amide bonds. The van der Waals surface area contributed by atoms with Crippen LogP contribution in [0.3, 0.4) is 0 Å². The quantitative estimate of drug-likeness (QED) is 0.256. The molecule has 1 N–H and O–H groups in total. The van der Waals surface area contributed by atoms with E-state index in [0.29, 0.717) is 17.8 Å². The average molecular weight is 496 g/mol. The fourth-order valence-electron chi connectivity index (χ4n) is 3.96. The van der Waals surface area contributed by atoms with Gasteiger partial charge in [0.1, 0.15) is 17.2 Å². The molecule has 0 aliphatic rings. The monoisotopic (exact) mass is 495 g/mol. The molecular formula is C29H25N3O3S. The van der Waals surface area contributed by atoms with Crippen LogP contribution in [0, 0.1) is 6.92 Å². The molecule has 180 valence electrons. The van der Waals surface area contributed by atoms with Gasteiger partial charge in [-0.25, -0.2) is 4.98 Å². The van der Waals surface area contributed by atoms with Crippen molar-refractivity contribution in [2.24, 2.45) is 0 Å². The third-order valence-corrected chi connectivity index (χ3v) is 6.60. The lowest BCUT2D eigenvalue weighted by Gasteiger charge is -2.12. The summed E-state index contributed by atoms with van der Waals surface area (Å²) in [5, 5.41) is 4.57. The molecule has 5 rings (SSSR count). The highest BCUT2D eigenvalue weighted by Gasteiger charge is 2.20. The van der Waals surface area contributed by atoms with Crippen molar-refractivity contribution in [1.82, 2.24) is 9.38 Å². The molecule has 0 bridgehead atoms. The Labute approximate surface area is 210 Å². The van der Waals surface area contributed by atoms with Gasteiger partial charge >= 0.3 is 10.1 Å². The zero-order valence-electron chi connectivity index (χ0n) is 19.7. The first-order valence-electron chi connectivity index (χ1n) is 11.5. The van der Waals surface area contributed by atoms with E-state index in [0.717, 1.165) is 33.6 Å². The molecule has 36 heavy (non-hydrogen) atoms. The molecule has 5 aromatic rings. The Bertz CT molecular complexity index is 1630. The van der Waals surface area contributed by atoms with Crippen LogP contribution in [-0.2, 0) is 16.7 Å². The maximum atomic E-state index is 12.8. The van der Waals surface area contributed by atoms with Gasteiger partial charge < -0.3 is 9.50 Å². The minimum Gasteiger partial charge on any atom is -0.379 e. The summed E-state index contributed by atoms with van der Waals surface area (Å²) in [4.78, 5) is 4.89. The first-order valence-corrected chi connectivity index (χ1v) is 13.0. The van der Waals surface area contributed by atoms with Crippen LogP contribution in [0.1, 0.15) is 16.7 Å². The summed E-state index contributed by atoms with van der Waals surface area (Å²) in [6, 6.07) is 30.3. The predicted octanol–water partition coefficient (Wildman–Crippen LogP) is 6.30. The first kappa shape index (κ1) is 23.4. The van der Waals surface area contributed by atoms with Gasteiger partial charge in [0.25, 0.3) is 0 Å². The Morgan fingerprint density at radius 1 is 0.889 bits per heavy atom. The largest absolute Gasteiger partial charge is 0.379 e. The molecule has 0 radical (unpaired) electrons. The van der Waals surface area contributed by atoms with Crippen LogP contribution in [0.4, 0.5) is 5.82 Å². The number of aryl methyl sites for hydroxylation is 1. The van der Waals surface area contributed by atoms with Crippen molar-refractivity contribution in [2.75, 3.05) is 5.32 Å². The minimum absolute atomic E-state index is 0.207. The Morgan fingerprint density at radius 3 is 2.36 bits per heavy atom. The van der Waals surface area contributed by atoms with E-state index in [1.54, 1.807) is 12.1 Å². The fourth-order valence-corrected chi connectivity index (χ4v) is 4.73. The zero-order valence-corrected chi connectivity index (χ0v) is 20.5. The van der Waals surface area contributed by atoms with Gasteiger partial charge in [0.2, 0.25) is 0 Å². The molecule has 3 aromatic carbocycles. The highest BCUT2D eigenvalue weighted by Crippen LogP contribution is 2.36. The van der Waals surface area contributed by atoms with E-state index in [2.05, 4.69) is 5.32 Å². The summed E-state index contributed by atoms with van der Waals surface area (Å²) in [6.45, 7) is 2.57. The van der Waals surface area contributed by atoms with Crippen molar-refractivity contribution in [3.8, 4) is 17.0 Å². The van der Waals surface area contributed by atoms with Gasteiger partial charge in [-0.1, -0.05) is 78.9 Å². The van der Waals surface area contributed by atoms with Crippen molar-refractivity contribution in [1.29, 1.82) is 0 Å². The topological polar surface area (TPSA) is 72.7 Å². The van der Waals surface area contributed by atoms with Crippen LogP contribution in [0.25, 0.3) is 23.0 Å². The van der Waals surface area contributed by atoms with Crippen molar-refractivity contribution < 1.29 is 12.6 Å². The number of hydrogen-bond donors (Lipinski definition) is 1. The number of nitrogens with zero attached hydrogens (tertiary/aromatic N) is 2. The molecular weight excluding hydrogens is 470 g/mol. The smallest absolute Gasteiger partial charge is 0.332 e. The Morgan fingerprint density at radius 2 is 1.58 bits per heavy atom. The average Bonchev–Trinajstić information content (AvgIpc) is 3.27. The molecule has 0 saturated carbocycles. The minimum atomic E-state index is -4.01. The zero-order chi connectivity index (χ0) is 25.0. The number of anilines is 1. The Balaban J connectivity index is 1.53. The number of para-hydroxylation sites is 1. The number of benzene rings is 3. The summed E-state index contributed by atoms with van der Waals surface area (Å²) in [7, 11) is -4.01. The molecule has 2 aromatic heterocycles. The number of pyridine rings is 1. The number of rotatable bonds is 8. The van der Waals surface area contributed by atoms with Gasteiger partial charge in [0, 0.05) is 18.3 Å². The number of nitrogens with one attached hydrogen (secondary N) is 1. The van der Waals surface area contributed by atoms with Crippen molar-refractivity contribution in [3.63, 3.8) is 0 Å². The summed E-state index contributed by atoms with van der Waals surface area (Å²) < 4.78 is 33.2. The maximum absolute atomic E-state index is 12.8. The van der Waals surface area contributed by atoms with Gasteiger partial charge in [-0.3, -0.25) is 4.40 Å². The molecule has 0 aliphatic heterocycles. The van der Waals surface area contributed by atoms with Crippen molar-refractivity contribution in [2.45, 2.75) is 13.5 Å². The number of aromatic nitrogens is 2. The molecule has 0 spiro atoms. The summed E-state index contributed by atoms with van der Waals surface area (Å²) in [5.41, 5.74) is 4.85. The van der Waals surface area contributed by atoms with E-state index in [9.17, 15) is 8.42 Å². The van der Waals surface area contributed by atoms with Crippen molar-refractivity contribution >= 4 is 27.7 Å². The highest BCUT2D eigenvalue weighted by molar-refractivity contribution is 7.90. The van der Waals surface area contributed by atoms with Crippen LogP contribution in [0.2, 0.25) is 0 Å². The Kier molecular flexibility index (Phi) is 6.56. The van der Waals surface area contributed by atoms with Gasteiger partial charge in [0.15, 0.2) is 5.75 Å². The van der Waals surface area contributed by atoms with E-state index in [1.165, 1.54) is 6.08 Å². The predicted molar refractivity (Wildman–Crippen MR) is 144 cm³/mol. The molecule has 0 unspecified atom stereocenters. The van der Waals surface area contributed by atoms with E-state index in [1.807, 2.05) is 102 Å². The third kappa shape index (κ3) is 5.16. The SMILES string of the molecule is Cc1cccn2c(NCc3ccccc3)c(-c3ccccc3OS(=O)(=O)/C=C/c3ccccc3)nc12. The first-order chi connectivity index (χ1) is 17.5. The van der Waals surface area contributed by atoms with E-state index >= 15 is 0 Å². The molecule has 0 fully saturated rings. The van der Waals surface area contributed by atoms with Crippen molar-refractivity contribution in [3.05, 3.63) is 125 Å². The van der Waals surface area contributed by atoms with Gasteiger partial charge in [-0.2, -0.15) is 8.42 Å². The molecule has 0 aliphatic carbocycles. The number of fused-ring (bicyclic) bond motifs is 1. The molecule has 0 atom stereocenters. The highest BCUT2D eigenvalue weighted by atomic mass is 32.2. The number of imidazole rings is 1. The summed E-state index contributed by atoms with van der Waals surface area (Å²) >= 11 is 0. The maximum Gasteiger partial charge on any atom is 0.332 e. The second kappa shape index (κ2) is 10.1. The molecule has 7 heteroatoms. The van der Waals surface area contributed by atoms with E-state index < -0.39 is 10.1 Å². The normalized spacial score (nSPS) is 11.7. The third-order valence-electron chi connectivity index (χ3n) is 5.72. The van der Waals surface area contributed by atoms with E-state index in [-0.39, 0.29) is 5.75 Å². The van der Waals surface area contributed by atoms with Crippen LogP contribution in [0.15, 0.2) is 109 Å². The lowest BCUT2D eigenvalue weighted by molar-refractivity contribution is 0.497. The summed E-state index contributed by atoms with van der Waals surface area (Å²) in [5.74, 6) is 0.963. The molecule has 0 saturated heterocycles. The van der Waals surface area contributed by atoms with E-state index in [4.69, 9.17) is 9.17 Å². The van der Waals surface area contributed by atoms with Crippen LogP contribution >= 0.6 is 0 Å². The lowest BCUT2D eigenvalue weighted by atomic mass is 10.1. The van der Waals surface area contributed by atoms with Gasteiger partial charge in [0.05, 0.1) is 5.41 Å². The molecule has 2 heterocycles. The molecule has 6 nitrogen and oxygen atoms in total. The van der Waals surface area contributed by atoms with Gasteiger partial charge in [-0.05, 0) is 47.9 Å². The van der Waals surface area contributed by atoms with Crippen LogP contribution < -0.4 is 9.50 Å². The van der Waals surface area contributed by atoms with Crippen LogP contribution in [-0.4, -0.2) is 17.8 Å². The summed E-state index contributed by atoms with van der Waals surface area (Å²) in [6.07, 6.45) is 3.45. The van der Waals surface area contributed by atoms with Crippen LogP contribution in [0.5, 0.6) is 5.75 Å². The standard InChI is InChI=1S/C29H25N3O3S/c1-22-11-10-19-32-28(22)31-27(29(32)30-21-24-14-6-3-7-15-24)25-16-8-9-17-26(25)35-36(33,34)20-18-23-12-4-2-5-13-23/h2-20,30H,21H2,1H3/b20-18+. The second-order valence-corrected chi connectivity index (χ2v) is 9.74. The van der Waals surface area contributed by atoms with Gasteiger partial charge in [-0.15, -0.1) is 0 Å². The second-order valence-electron chi connectivity index (χ2n) is 8.32. The lowest BCUT2D eigenvalue weighted by Crippen LogP contribution is -2.07. The number of hydrogen-bond acceptors (Lipinski definition) is 5. The fraction of sp³-hybridized carbons (Fsp3) is 0.0690. The Hall–Kier alpha value is -4.36.